The quantitative estimate of drug-likeness (QED) is 0.0552. The Morgan fingerprint density at radius 2 is 0.359 bits per heavy atom. The summed E-state index contributed by atoms with van der Waals surface area (Å²) < 4.78 is 1.48. The zero-order valence-electron chi connectivity index (χ0n) is 28.5. The third kappa shape index (κ3) is 27.9. The van der Waals surface area contributed by atoms with Crippen molar-refractivity contribution >= 4 is 0 Å². The molecule has 0 aromatic rings. The smallest absolute Gasteiger partial charge is 0.0786 e. The van der Waals surface area contributed by atoms with E-state index in [1.807, 2.05) is 0 Å². The maximum Gasteiger partial charge on any atom is 0.0786 e. The SMILES string of the molecule is CCCCCCCCCCCCCC[N+](CCCCCCCC)(CCCCCCCC)CCCCCCCC. The first-order chi connectivity index (χ1) is 19.2. The summed E-state index contributed by atoms with van der Waals surface area (Å²) >= 11 is 0. The molecule has 236 valence electrons. The third-order valence-corrected chi connectivity index (χ3v) is 9.44. The van der Waals surface area contributed by atoms with Gasteiger partial charge in [-0.3, -0.25) is 0 Å². The van der Waals surface area contributed by atoms with E-state index in [4.69, 9.17) is 0 Å². The summed E-state index contributed by atoms with van der Waals surface area (Å²) in [6.07, 6.45) is 43.7. The van der Waals surface area contributed by atoms with Crippen LogP contribution in [0.5, 0.6) is 0 Å². The summed E-state index contributed by atoms with van der Waals surface area (Å²) in [6, 6.07) is 0. The molecule has 0 amide bonds. The van der Waals surface area contributed by atoms with E-state index in [1.165, 1.54) is 223 Å². The maximum absolute atomic E-state index is 2.34. The minimum Gasteiger partial charge on any atom is -0.324 e. The van der Waals surface area contributed by atoms with Crippen LogP contribution in [0.4, 0.5) is 0 Å². The second-order valence-corrected chi connectivity index (χ2v) is 13.4. The Morgan fingerprint density at radius 3 is 0.538 bits per heavy atom. The minimum absolute atomic E-state index is 1.37. The number of unbranched alkanes of at least 4 members (excludes halogenated alkanes) is 26. The molecule has 1 heteroatoms. The third-order valence-electron chi connectivity index (χ3n) is 9.44. The van der Waals surface area contributed by atoms with Gasteiger partial charge >= 0.3 is 0 Å². The molecule has 0 saturated heterocycles. The molecule has 0 aliphatic carbocycles. The van der Waals surface area contributed by atoms with Crippen molar-refractivity contribution in [1.29, 1.82) is 0 Å². The van der Waals surface area contributed by atoms with E-state index in [9.17, 15) is 0 Å². The van der Waals surface area contributed by atoms with Crippen LogP contribution < -0.4 is 0 Å². The summed E-state index contributed by atoms with van der Waals surface area (Å²) in [5, 5.41) is 0. The van der Waals surface area contributed by atoms with E-state index in [0.717, 1.165) is 0 Å². The largest absolute Gasteiger partial charge is 0.324 e. The molecule has 0 aliphatic heterocycles. The van der Waals surface area contributed by atoms with Crippen LogP contribution in [0.15, 0.2) is 0 Å². The van der Waals surface area contributed by atoms with Gasteiger partial charge in [-0.05, 0) is 51.4 Å². The van der Waals surface area contributed by atoms with Crippen LogP contribution in [0, 0.1) is 0 Å². The molecule has 0 radical (unpaired) electrons. The summed E-state index contributed by atoms with van der Waals surface area (Å²) in [5.41, 5.74) is 0. The van der Waals surface area contributed by atoms with Gasteiger partial charge in [0, 0.05) is 0 Å². The molecule has 0 spiro atoms. The first-order valence-electron chi connectivity index (χ1n) is 19.1. The Bertz CT molecular complexity index is 390. The average Bonchev–Trinajstić information content (AvgIpc) is 2.95. The monoisotopic (exact) mass is 551 g/mol. The molecule has 0 aliphatic rings. The zero-order valence-corrected chi connectivity index (χ0v) is 28.5. The highest BCUT2D eigenvalue weighted by Gasteiger charge is 2.25. The Hall–Kier alpha value is -0.0400. The van der Waals surface area contributed by atoms with Crippen molar-refractivity contribution < 1.29 is 4.48 Å². The zero-order chi connectivity index (χ0) is 28.5. The number of hydrogen-bond donors (Lipinski definition) is 0. The van der Waals surface area contributed by atoms with E-state index in [0.29, 0.717) is 0 Å². The molecule has 0 aromatic heterocycles. The first-order valence-corrected chi connectivity index (χ1v) is 19.1. The van der Waals surface area contributed by atoms with Crippen LogP contribution in [0.3, 0.4) is 0 Å². The number of nitrogens with zero attached hydrogens (tertiary/aromatic N) is 1. The molecule has 0 saturated carbocycles. The maximum atomic E-state index is 2.34. The highest BCUT2D eigenvalue weighted by Crippen LogP contribution is 2.21. The van der Waals surface area contributed by atoms with Gasteiger partial charge in [0.1, 0.15) is 0 Å². The molecule has 1 nitrogen and oxygen atoms in total. The van der Waals surface area contributed by atoms with Crippen molar-refractivity contribution in [3.05, 3.63) is 0 Å². The predicted molar refractivity (Wildman–Crippen MR) is 181 cm³/mol. The van der Waals surface area contributed by atoms with Crippen LogP contribution >= 0.6 is 0 Å². The molecule has 0 atom stereocenters. The topological polar surface area (TPSA) is 0 Å². The van der Waals surface area contributed by atoms with Gasteiger partial charge < -0.3 is 4.48 Å². The Balaban J connectivity index is 4.62. The van der Waals surface area contributed by atoms with Crippen molar-refractivity contribution in [2.24, 2.45) is 0 Å². The van der Waals surface area contributed by atoms with Gasteiger partial charge in [-0.1, -0.05) is 169 Å². The fraction of sp³-hybridized carbons (Fsp3) is 1.00. The van der Waals surface area contributed by atoms with Crippen molar-refractivity contribution in [2.75, 3.05) is 26.2 Å². The molecule has 0 rings (SSSR count). The van der Waals surface area contributed by atoms with E-state index in [2.05, 4.69) is 27.7 Å². The van der Waals surface area contributed by atoms with Gasteiger partial charge in [0.05, 0.1) is 26.2 Å². The van der Waals surface area contributed by atoms with Crippen LogP contribution in [-0.2, 0) is 0 Å². The number of quaternary nitrogens is 1. The number of rotatable bonds is 34. The Labute approximate surface area is 250 Å². The van der Waals surface area contributed by atoms with Gasteiger partial charge in [-0.25, -0.2) is 0 Å². The highest BCUT2D eigenvalue weighted by molar-refractivity contribution is 4.55. The van der Waals surface area contributed by atoms with Crippen LogP contribution in [0.2, 0.25) is 0 Å². The summed E-state index contributed by atoms with van der Waals surface area (Å²) in [5.74, 6) is 0. The lowest BCUT2D eigenvalue weighted by Gasteiger charge is -2.40. The summed E-state index contributed by atoms with van der Waals surface area (Å²) in [4.78, 5) is 0. The van der Waals surface area contributed by atoms with Crippen molar-refractivity contribution in [2.45, 2.75) is 220 Å². The van der Waals surface area contributed by atoms with Crippen LogP contribution in [0.1, 0.15) is 220 Å². The lowest BCUT2D eigenvalue weighted by atomic mass is 10.0. The molecule has 0 N–H and O–H groups in total. The van der Waals surface area contributed by atoms with Crippen LogP contribution in [0.25, 0.3) is 0 Å². The predicted octanol–water partition coefficient (Wildman–Crippen LogP) is 13.6. The van der Waals surface area contributed by atoms with E-state index >= 15 is 0 Å². The standard InChI is InChI=1S/C38H80N/c1-5-9-13-17-21-22-23-24-25-26-30-34-38-39(35-31-27-18-14-10-6-2,36-32-28-19-15-11-7-3)37-33-29-20-16-12-8-4/h5-38H2,1-4H3/q+1. The second-order valence-electron chi connectivity index (χ2n) is 13.4. The molecular formula is C38H80N+. The highest BCUT2D eigenvalue weighted by atomic mass is 15.3. The molecule has 0 heterocycles. The fourth-order valence-corrected chi connectivity index (χ4v) is 6.64. The molecule has 0 fully saturated rings. The summed E-state index contributed by atoms with van der Waals surface area (Å²) in [6.45, 7) is 15.3. The van der Waals surface area contributed by atoms with E-state index < -0.39 is 0 Å². The van der Waals surface area contributed by atoms with Crippen molar-refractivity contribution in [1.82, 2.24) is 0 Å². The van der Waals surface area contributed by atoms with Crippen molar-refractivity contribution in [3.8, 4) is 0 Å². The second kappa shape index (κ2) is 32.5. The van der Waals surface area contributed by atoms with Gasteiger partial charge in [0.25, 0.3) is 0 Å². The molecule has 0 unspecified atom stereocenters. The van der Waals surface area contributed by atoms with Gasteiger partial charge in [0.15, 0.2) is 0 Å². The lowest BCUT2D eigenvalue weighted by Crippen LogP contribution is -2.50. The molecule has 39 heavy (non-hydrogen) atoms. The van der Waals surface area contributed by atoms with E-state index in [1.54, 1.807) is 0 Å². The molecule has 0 bridgehead atoms. The Kier molecular flexibility index (Phi) is 32.4. The van der Waals surface area contributed by atoms with Gasteiger partial charge in [0.2, 0.25) is 0 Å². The summed E-state index contributed by atoms with van der Waals surface area (Å²) in [7, 11) is 0. The lowest BCUT2D eigenvalue weighted by molar-refractivity contribution is -0.929. The van der Waals surface area contributed by atoms with Gasteiger partial charge in [-0.2, -0.15) is 0 Å². The van der Waals surface area contributed by atoms with Gasteiger partial charge in [-0.15, -0.1) is 0 Å². The average molecular weight is 551 g/mol. The first kappa shape index (κ1) is 39.0. The van der Waals surface area contributed by atoms with E-state index in [-0.39, 0.29) is 0 Å². The normalized spacial score (nSPS) is 12.0. The Morgan fingerprint density at radius 1 is 0.205 bits per heavy atom. The minimum atomic E-state index is 1.37. The molecular weight excluding hydrogens is 470 g/mol. The van der Waals surface area contributed by atoms with Crippen LogP contribution in [-0.4, -0.2) is 30.7 Å². The molecule has 0 aromatic carbocycles. The number of hydrogen-bond acceptors (Lipinski definition) is 0. The van der Waals surface area contributed by atoms with Crippen molar-refractivity contribution in [3.63, 3.8) is 0 Å². The fourth-order valence-electron chi connectivity index (χ4n) is 6.64.